The van der Waals surface area contributed by atoms with Crippen molar-refractivity contribution < 1.29 is 22.9 Å². The highest BCUT2D eigenvalue weighted by atomic mass is 16.3. The average Bonchev–Trinajstić information content (AvgIpc) is 3.69. The van der Waals surface area contributed by atoms with Gasteiger partial charge in [0, 0.05) is 35.3 Å². The van der Waals surface area contributed by atoms with Crippen molar-refractivity contribution in [2.24, 2.45) is 0 Å². The zero-order chi connectivity index (χ0) is 53.7. The predicted octanol–water partition coefficient (Wildman–Crippen LogP) is 15.0. The highest BCUT2D eigenvalue weighted by molar-refractivity contribution is 5.97. The number of phenols is 1. The number of nitrogens with zero attached hydrogens (tertiary/aromatic N) is 3. The van der Waals surface area contributed by atoms with Gasteiger partial charge in [0.05, 0.1) is 27.8 Å². The highest BCUT2D eigenvalue weighted by Gasteiger charge is 2.25. The molecule has 8 aromatic rings. The molecule has 0 unspecified atom stereocenters. The SMILES string of the molecule is [2H]c1c([2H])c(C(C([2H])([2H])[2H])(C([2H])([2H])[2H])C([2H])([2H])[2H])c([2H])c([2H])c1-c1ccnc(-c2cc(-c3cccc4c3nc(-c3cc(C)cc(C)c3O)n4-c3cc(-c4ccccc4)cc(C(C)(C)C)c3)cc(C(C)(C)C)c2)c1. The number of phenolic OH excluding ortho intramolecular Hbond substituents is 1. The number of aromatic nitrogens is 3. The van der Waals surface area contributed by atoms with Crippen LogP contribution < -0.4 is 0 Å². The summed E-state index contributed by atoms with van der Waals surface area (Å²) in [5, 5.41) is 11.8. The molecule has 0 spiro atoms. The molecule has 0 saturated carbocycles. The summed E-state index contributed by atoms with van der Waals surface area (Å²) in [5.41, 5.74) is 5.38. The monoisotopic (exact) mass is 801 g/mol. The van der Waals surface area contributed by atoms with Gasteiger partial charge in [-0.15, -0.1) is 0 Å². The Morgan fingerprint density at radius 1 is 0.567 bits per heavy atom. The van der Waals surface area contributed by atoms with Crippen LogP contribution in [0.5, 0.6) is 5.75 Å². The van der Waals surface area contributed by atoms with E-state index in [9.17, 15) is 5.11 Å². The lowest BCUT2D eigenvalue weighted by Crippen LogP contribution is -2.12. The number of benzene rings is 6. The van der Waals surface area contributed by atoms with Gasteiger partial charge in [0.2, 0.25) is 0 Å². The van der Waals surface area contributed by atoms with E-state index in [1.807, 2.05) is 74.5 Å². The lowest BCUT2D eigenvalue weighted by atomic mass is 9.83. The fourth-order valence-electron chi connectivity index (χ4n) is 7.63. The molecule has 60 heavy (non-hydrogen) atoms. The maximum absolute atomic E-state index is 11.8. The van der Waals surface area contributed by atoms with Crippen molar-refractivity contribution in [3.8, 4) is 67.5 Å². The van der Waals surface area contributed by atoms with Crippen molar-refractivity contribution in [1.82, 2.24) is 14.5 Å². The van der Waals surface area contributed by atoms with Gasteiger partial charge in [-0.2, -0.15) is 0 Å². The van der Waals surface area contributed by atoms with E-state index in [0.29, 0.717) is 33.7 Å². The van der Waals surface area contributed by atoms with E-state index in [-0.39, 0.29) is 22.3 Å². The van der Waals surface area contributed by atoms with Crippen LogP contribution in [0.1, 0.15) is 108 Å². The average molecular weight is 801 g/mol. The van der Waals surface area contributed by atoms with Crippen LogP contribution in [0.15, 0.2) is 140 Å². The van der Waals surface area contributed by atoms with Crippen LogP contribution >= 0.6 is 0 Å². The Kier molecular flexibility index (Phi) is 6.91. The molecule has 0 bridgehead atoms. The Hall–Kier alpha value is -6.26. The summed E-state index contributed by atoms with van der Waals surface area (Å²) < 4.78 is 112. The molecular weight excluding hydrogens is 731 g/mol. The molecule has 0 amide bonds. The lowest BCUT2D eigenvalue weighted by Gasteiger charge is -2.23. The van der Waals surface area contributed by atoms with Crippen LogP contribution in [0, 0.1) is 13.8 Å². The largest absolute Gasteiger partial charge is 0.507 e. The smallest absolute Gasteiger partial charge is 0.149 e. The predicted molar refractivity (Wildman–Crippen MR) is 253 cm³/mol. The van der Waals surface area contributed by atoms with Crippen molar-refractivity contribution >= 4 is 11.0 Å². The molecule has 302 valence electrons. The van der Waals surface area contributed by atoms with Gasteiger partial charge in [-0.05, 0) is 134 Å². The van der Waals surface area contributed by atoms with Crippen LogP contribution in [0.4, 0.5) is 0 Å². The Morgan fingerprint density at radius 3 is 1.95 bits per heavy atom. The standard InChI is InChI=1S/C56H57N3O/c1-35-26-36(2)52(60)48(27-35)53-58-51-47(18-15-19-50(51)59(53)46-32-40(37-16-13-12-14-17-37)29-45(34-46)56(9,10)11)41-28-42(31-44(30-41)55(6,7)8)49-33-39(24-25-57-49)38-20-22-43(23-21-38)54(3,4)5/h12-34,60H,1-11H3/i3D3,4D3,5D3,20D,21D,22D,23D. The molecule has 0 saturated heterocycles. The van der Waals surface area contributed by atoms with E-state index in [4.69, 9.17) is 27.8 Å². The molecule has 1 N–H and O–H groups in total. The second kappa shape index (κ2) is 15.1. The normalized spacial score (nSPS) is 16.1. The van der Waals surface area contributed by atoms with Gasteiger partial charge in [0.25, 0.3) is 0 Å². The maximum atomic E-state index is 11.8. The van der Waals surface area contributed by atoms with Gasteiger partial charge in [-0.1, -0.05) is 147 Å². The van der Waals surface area contributed by atoms with E-state index in [0.717, 1.165) is 50.1 Å². The Morgan fingerprint density at radius 2 is 1.25 bits per heavy atom. The molecule has 8 rings (SSSR count). The number of fused-ring (bicyclic) bond motifs is 1. The van der Waals surface area contributed by atoms with Gasteiger partial charge >= 0.3 is 0 Å². The van der Waals surface area contributed by atoms with Crippen LogP contribution in [0.2, 0.25) is 0 Å². The summed E-state index contributed by atoms with van der Waals surface area (Å²) in [6, 6.07) is 31.9. The number of aryl methyl sites for hydroxylation is 2. The minimum atomic E-state index is -3.80. The number of rotatable bonds is 6. The maximum Gasteiger partial charge on any atom is 0.149 e. The summed E-state index contributed by atoms with van der Waals surface area (Å²) in [6.07, 6.45) is 1.44. The highest BCUT2D eigenvalue weighted by Crippen LogP contribution is 2.42. The topological polar surface area (TPSA) is 50.9 Å². The first kappa shape index (κ1) is 27.5. The number of para-hydroxylation sites is 1. The third kappa shape index (κ3) is 7.91. The summed E-state index contributed by atoms with van der Waals surface area (Å²) in [5.74, 6) is 0.655. The molecule has 0 radical (unpaired) electrons. The van der Waals surface area contributed by atoms with Gasteiger partial charge in [-0.25, -0.2) is 4.98 Å². The van der Waals surface area contributed by atoms with Crippen molar-refractivity contribution in [3.05, 3.63) is 167 Å². The van der Waals surface area contributed by atoms with Crippen molar-refractivity contribution in [3.63, 3.8) is 0 Å². The number of pyridine rings is 1. The molecule has 0 aliphatic rings. The molecule has 2 heterocycles. The first-order valence-corrected chi connectivity index (χ1v) is 20.0. The molecule has 4 nitrogen and oxygen atoms in total. The molecule has 0 fully saturated rings. The molecule has 0 aliphatic carbocycles. The van der Waals surface area contributed by atoms with E-state index in [2.05, 4.69) is 82.5 Å². The molecular formula is C56H57N3O. The third-order valence-corrected chi connectivity index (χ3v) is 11.0. The fourth-order valence-corrected chi connectivity index (χ4v) is 7.63. The lowest BCUT2D eigenvalue weighted by molar-refractivity contribution is 0.472. The second-order valence-corrected chi connectivity index (χ2v) is 17.8. The van der Waals surface area contributed by atoms with Crippen molar-refractivity contribution in [1.29, 1.82) is 0 Å². The molecule has 6 aromatic carbocycles. The molecule has 4 heteroatoms. The Labute approximate surface area is 374 Å². The van der Waals surface area contributed by atoms with E-state index in [1.54, 1.807) is 6.07 Å². The van der Waals surface area contributed by atoms with Crippen LogP contribution in [-0.4, -0.2) is 19.6 Å². The summed E-state index contributed by atoms with van der Waals surface area (Å²) in [7, 11) is 0. The van der Waals surface area contributed by atoms with Gasteiger partial charge in [0.15, 0.2) is 0 Å². The summed E-state index contributed by atoms with van der Waals surface area (Å²) >= 11 is 0. The number of hydrogen-bond donors (Lipinski definition) is 1. The summed E-state index contributed by atoms with van der Waals surface area (Å²) in [4.78, 5) is 10.1. The second-order valence-electron chi connectivity index (χ2n) is 17.8. The van der Waals surface area contributed by atoms with Crippen LogP contribution in [0.3, 0.4) is 0 Å². The molecule has 0 aliphatic heterocycles. The van der Waals surface area contributed by atoms with Gasteiger partial charge in [-0.3, -0.25) is 9.55 Å². The van der Waals surface area contributed by atoms with E-state index >= 15 is 0 Å². The number of aromatic hydroxyl groups is 1. The minimum absolute atomic E-state index is 0.115. The first-order chi connectivity index (χ1) is 33.8. The minimum Gasteiger partial charge on any atom is -0.507 e. The van der Waals surface area contributed by atoms with Gasteiger partial charge in [0.1, 0.15) is 11.6 Å². The van der Waals surface area contributed by atoms with E-state index in [1.165, 1.54) is 12.3 Å². The third-order valence-electron chi connectivity index (χ3n) is 11.0. The molecule has 0 atom stereocenters. The first-order valence-electron chi connectivity index (χ1n) is 26.5. The number of imidazole rings is 1. The zero-order valence-corrected chi connectivity index (χ0v) is 35.3. The quantitative estimate of drug-likeness (QED) is 0.182. The van der Waals surface area contributed by atoms with Crippen molar-refractivity contribution in [2.45, 2.75) is 92.2 Å². The molecule has 2 aromatic heterocycles. The van der Waals surface area contributed by atoms with Crippen LogP contribution in [-0.2, 0) is 16.2 Å². The van der Waals surface area contributed by atoms with Gasteiger partial charge < -0.3 is 5.11 Å². The van der Waals surface area contributed by atoms with Crippen LogP contribution in [0.25, 0.3) is 72.7 Å². The number of hydrogen-bond acceptors (Lipinski definition) is 3. The zero-order valence-electron chi connectivity index (χ0n) is 48.3. The summed E-state index contributed by atoms with van der Waals surface area (Å²) in [6.45, 7) is 5.21. The van der Waals surface area contributed by atoms with Crippen molar-refractivity contribution in [2.75, 3.05) is 0 Å². The fraction of sp³-hybridized carbons (Fsp3) is 0.250. The Balaban J connectivity index is 1.37. The van der Waals surface area contributed by atoms with E-state index < -0.39 is 61.1 Å². The Bertz CT molecular complexity index is 3400.